The normalized spacial score (nSPS) is 12.8. The van der Waals surface area contributed by atoms with E-state index in [1.807, 2.05) is 13.8 Å². The molecule has 0 saturated heterocycles. The van der Waals surface area contributed by atoms with Crippen LogP contribution in [0.1, 0.15) is 37.3 Å². The molecule has 0 bridgehead atoms. The smallest absolute Gasteiger partial charge is 0.133 e. The van der Waals surface area contributed by atoms with Gasteiger partial charge in [0, 0.05) is 6.04 Å². The minimum absolute atomic E-state index is 0.00933. The number of aliphatic hydroxyl groups excluding tert-OH is 1. The molecule has 0 fully saturated rings. The second-order valence-electron chi connectivity index (χ2n) is 4.67. The second kappa shape index (κ2) is 5.81. The minimum atomic E-state index is -1.25. The fraction of sp³-hybridized carbons (Fsp3) is 0.357. The van der Waals surface area contributed by atoms with E-state index in [1.54, 1.807) is 10.7 Å². The van der Waals surface area contributed by atoms with Crippen LogP contribution < -0.4 is 4.74 Å². The van der Waals surface area contributed by atoms with Crippen molar-refractivity contribution in [2.24, 2.45) is 0 Å². The largest absolute Gasteiger partial charge is 0.496 e. The molecule has 0 saturated carbocycles. The summed E-state index contributed by atoms with van der Waals surface area (Å²) in [6.45, 7) is 3.80. The SMILES string of the molecule is COc1cccc(F)c1C(O)c1c(Cl)cnn1C(C)C. The van der Waals surface area contributed by atoms with Crippen molar-refractivity contribution in [2.45, 2.75) is 26.0 Å². The van der Waals surface area contributed by atoms with Crippen molar-refractivity contribution in [3.8, 4) is 5.75 Å². The van der Waals surface area contributed by atoms with Crippen LogP contribution in [0.2, 0.25) is 5.02 Å². The average molecular weight is 299 g/mol. The molecule has 1 atom stereocenters. The summed E-state index contributed by atoms with van der Waals surface area (Å²) in [5, 5.41) is 14.9. The molecule has 1 N–H and O–H groups in total. The highest BCUT2D eigenvalue weighted by Gasteiger charge is 2.26. The highest BCUT2D eigenvalue weighted by molar-refractivity contribution is 6.31. The zero-order valence-electron chi connectivity index (χ0n) is 11.5. The van der Waals surface area contributed by atoms with E-state index in [0.29, 0.717) is 5.69 Å². The molecule has 1 unspecified atom stereocenters. The van der Waals surface area contributed by atoms with Crippen LogP contribution >= 0.6 is 11.6 Å². The lowest BCUT2D eigenvalue weighted by Crippen LogP contribution is -2.14. The van der Waals surface area contributed by atoms with Crippen molar-refractivity contribution in [2.75, 3.05) is 7.11 Å². The van der Waals surface area contributed by atoms with Gasteiger partial charge in [0.05, 0.1) is 29.6 Å². The predicted molar refractivity (Wildman–Crippen MR) is 74.6 cm³/mol. The first-order valence-corrected chi connectivity index (χ1v) is 6.58. The molecule has 0 spiro atoms. The fourth-order valence-corrected chi connectivity index (χ4v) is 2.35. The number of nitrogens with zero attached hydrogens (tertiary/aromatic N) is 2. The molecule has 0 radical (unpaired) electrons. The average Bonchev–Trinajstić information content (AvgIpc) is 2.79. The van der Waals surface area contributed by atoms with Gasteiger partial charge in [-0.1, -0.05) is 17.7 Å². The van der Waals surface area contributed by atoms with Crippen molar-refractivity contribution >= 4 is 11.6 Å². The van der Waals surface area contributed by atoms with E-state index in [-0.39, 0.29) is 22.4 Å². The van der Waals surface area contributed by atoms with Gasteiger partial charge in [-0.05, 0) is 26.0 Å². The third-order valence-electron chi connectivity index (χ3n) is 3.04. The van der Waals surface area contributed by atoms with E-state index < -0.39 is 11.9 Å². The van der Waals surface area contributed by atoms with E-state index >= 15 is 0 Å². The standard InChI is InChI=1S/C14H16ClFN2O2/c1-8(2)18-13(9(15)7-17-18)14(19)12-10(16)5-4-6-11(12)20-3/h4-8,14,19H,1-3H3. The van der Waals surface area contributed by atoms with Crippen LogP contribution in [0.3, 0.4) is 0 Å². The predicted octanol–water partition coefficient (Wildman–Crippen LogP) is 3.35. The quantitative estimate of drug-likeness (QED) is 0.941. The van der Waals surface area contributed by atoms with Crippen LogP contribution in [0.5, 0.6) is 5.75 Å². The van der Waals surface area contributed by atoms with E-state index in [0.717, 1.165) is 0 Å². The fourth-order valence-electron chi connectivity index (χ4n) is 2.12. The first-order valence-electron chi connectivity index (χ1n) is 6.20. The maximum atomic E-state index is 14.0. The lowest BCUT2D eigenvalue weighted by molar-refractivity contribution is 0.195. The Morgan fingerprint density at radius 1 is 1.40 bits per heavy atom. The molecule has 6 heteroatoms. The molecule has 108 valence electrons. The van der Waals surface area contributed by atoms with Crippen LogP contribution in [0.15, 0.2) is 24.4 Å². The molecular formula is C14H16ClFN2O2. The van der Waals surface area contributed by atoms with Crippen LogP contribution in [0.4, 0.5) is 4.39 Å². The Morgan fingerprint density at radius 2 is 2.10 bits per heavy atom. The highest BCUT2D eigenvalue weighted by Crippen LogP contribution is 2.36. The number of hydrogen-bond acceptors (Lipinski definition) is 3. The highest BCUT2D eigenvalue weighted by atomic mass is 35.5. The van der Waals surface area contributed by atoms with Gasteiger partial charge in [0.2, 0.25) is 0 Å². The summed E-state index contributed by atoms with van der Waals surface area (Å²) >= 11 is 6.08. The van der Waals surface area contributed by atoms with E-state index in [9.17, 15) is 9.50 Å². The van der Waals surface area contributed by atoms with Crippen LogP contribution in [-0.2, 0) is 0 Å². The van der Waals surface area contributed by atoms with Crippen LogP contribution in [-0.4, -0.2) is 22.0 Å². The lowest BCUT2D eigenvalue weighted by Gasteiger charge is -2.19. The maximum Gasteiger partial charge on any atom is 0.133 e. The number of rotatable bonds is 4. The Morgan fingerprint density at radius 3 is 2.70 bits per heavy atom. The molecule has 1 heterocycles. The van der Waals surface area contributed by atoms with Crippen molar-refractivity contribution in [1.82, 2.24) is 9.78 Å². The molecule has 0 aliphatic carbocycles. The number of ether oxygens (including phenoxy) is 1. The number of aromatic nitrogens is 2. The van der Waals surface area contributed by atoms with Crippen molar-refractivity contribution in [3.63, 3.8) is 0 Å². The Hall–Kier alpha value is -1.59. The molecule has 0 aliphatic heterocycles. The summed E-state index contributed by atoms with van der Waals surface area (Å²) in [5.41, 5.74) is 0.407. The Kier molecular flexibility index (Phi) is 4.30. The number of halogens is 2. The molecule has 2 aromatic rings. The maximum absolute atomic E-state index is 14.0. The number of benzene rings is 1. The van der Waals surface area contributed by atoms with Gasteiger partial charge in [0.1, 0.15) is 17.7 Å². The summed E-state index contributed by atoms with van der Waals surface area (Å²) in [5.74, 6) is -0.283. The minimum Gasteiger partial charge on any atom is -0.496 e. The van der Waals surface area contributed by atoms with Gasteiger partial charge in [-0.3, -0.25) is 4.68 Å². The second-order valence-corrected chi connectivity index (χ2v) is 5.08. The van der Waals surface area contributed by atoms with Crippen molar-refractivity contribution < 1.29 is 14.2 Å². The molecular weight excluding hydrogens is 283 g/mol. The molecule has 0 amide bonds. The zero-order chi connectivity index (χ0) is 14.9. The summed E-state index contributed by atoms with van der Waals surface area (Å²) in [6, 6.07) is 4.37. The summed E-state index contributed by atoms with van der Waals surface area (Å²) in [6.07, 6.45) is 0.191. The van der Waals surface area contributed by atoms with Gasteiger partial charge < -0.3 is 9.84 Å². The Bertz CT molecular complexity index is 613. The summed E-state index contributed by atoms with van der Waals surface area (Å²) in [4.78, 5) is 0. The summed E-state index contributed by atoms with van der Waals surface area (Å²) < 4.78 is 20.7. The van der Waals surface area contributed by atoms with Gasteiger partial charge in [0.15, 0.2) is 0 Å². The number of methoxy groups -OCH3 is 1. The number of hydrogen-bond donors (Lipinski definition) is 1. The van der Waals surface area contributed by atoms with Crippen molar-refractivity contribution in [1.29, 1.82) is 0 Å². The molecule has 1 aromatic heterocycles. The first kappa shape index (κ1) is 14.8. The third-order valence-corrected chi connectivity index (χ3v) is 3.33. The van der Waals surface area contributed by atoms with Gasteiger partial charge in [-0.25, -0.2) is 4.39 Å². The van der Waals surface area contributed by atoms with Crippen LogP contribution in [0.25, 0.3) is 0 Å². The topological polar surface area (TPSA) is 47.3 Å². The monoisotopic (exact) mass is 298 g/mol. The molecule has 1 aromatic carbocycles. The third kappa shape index (κ3) is 2.51. The van der Waals surface area contributed by atoms with Gasteiger partial charge in [-0.2, -0.15) is 5.10 Å². The molecule has 0 aliphatic rings. The lowest BCUT2D eigenvalue weighted by atomic mass is 10.0. The number of aliphatic hydroxyl groups is 1. The molecule has 4 nitrogen and oxygen atoms in total. The van der Waals surface area contributed by atoms with E-state index in [2.05, 4.69) is 5.10 Å². The van der Waals surface area contributed by atoms with Gasteiger partial charge >= 0.3 is 0 Å². The van der Waals surface area contributed by atoms with Crippen molar-refractivity contribution in [3.05, 3.63) is 46.5 Å². The molecule has 2 rings (SSSR count). The van der Waals surface area contributed by atoms with E-state index in [4.69, 9.17) is 16.3 Å². The van der Waals surface area contributed by atoms with Gasteiger partial charge in [0.25, 0.3) is 0 Å². The Labute approximate surface area is 121 Å². The van der Waals surface area contributed by atoms with Crippen LogP contribution in [0, 0.1) is 5.82 Å². The van der Waals surface area contributed by atoms with E-state index in [1.165, 1.54) is 25.4 Å². The Balaban J connectivity index is 2.57. The zero-order valence-corrected chi connectivity index (χ0v) is 12.2. The molecule has 20 heavy (non-hydrogen) atoms. The summed E-state index contributed by atoms with van der Waals surface area (Å²) in [7, 11) is 1.42. The first-order chi connectivity index (χ1) is 9.47. The van der Waals surface area contributed by atoms with Gasteiger partial charge in [-0.15, -0.1) is 0 Å².